The van der Waals surface area contributed by atoms with Crippen molar-refractivity contribution in [2.75, 3.05) is 26.0 Å². The Hall–Kier alpha value is -1.06. The van der Waals surface area contributed by atoms with E-state index in [-0.39, 0.29) is 17.8 Å². The largest absolute Gasteiger partial charge is 0.416 e. The number of nitrogens with zero attached hydrogens (tertiary/aromatic N) is 1. The number of rotatable bonds is 19. The second kappa shape index (κ2) is 19.7. The summed E-state index contributed by atoms with van der Waals surface area (Å²) in [5.74, 6) is 0. The third kappa shape index (κ3) is 11.7. The lowest BCUT2D eigenvalue weighted by Gasteiger charge is -2.53. The molecule has 0 aromatic heterocycles. The van der Waals surface area contributed by atoms with Crippen LogP contribution in [0.15, 0.2) is 18.2 Å². The Balaban J connectivity index is 2.73. The number of halogens is 6. The molecule has 2 rings (SSSR count). The lowest BCUT2D eigenvalue weighted by Crippen LogP contribution is -2.71. The van der Waals surface area contributed by atoms with Crippen molar-refractivity contribution in [3.63, 3.8) is 0 Å². The minimum Gasteiger partial charge on any atom is -0.414 e. The van der Waals surface area contributed by atoms with Crippen LogP contribution in [-0.2, 0) is 30.4 Å². The van der Waals surface area contributed by atoms with E-state index in [2.05, 4.69) is 72.9 Å². The first-order valence-electron chi connectivity index (χ1n) is 18.9. The van der Waals surface area contributed by atoms with Crippen LogP contribution in [0.25, 0.3) is 0 Å². The number of nitrogens with one attached hydrogen (secondary N) is 2. The fraction of sp³-hybridized carbons (Fsp3) is 0.800. The van der Waals surface area contributed by atoms with Gasteiger partial charge >= 0.3 is 12.4 Å². The van der Waals surface area contributed by atoms with Crippen LogP contribution < -0.4 is 10.6 Å². The smallest absolute Gasteiger partial charge is 0.414 e. The highest BCUT2D eigenvalue weighted by molar-refractivity contribution is 7.80. The van der Waals surface area contributed by atoms with Gasteiger partial charge in [-0.15, -0.1) is 0 Å². The van der Waals surface area contributed by atoms with Crippen molar-refractivity contribution in [3.8, 4) is 0 Å². The summed E-state index contributed by atoms with van der Waals surface area (Å²) in [6.07, 6.45) is -12.4. The predicted molar refractivity (Wildman–Crippen MR) is 209 cm³/mol. The molecule has 0 spiro atoms. The number of alkyl halides is 6. The van der Waals surface area contributed by atoms with E-state index in [1.165, 1.54) is 0 Å². The standard InChI is InChI=1S/C35H63F6N3O4SSi3/c1-12-50(13-2,14-3)45-24-28-30(47-51(15-4,16-5)17-6)31(48-52(18-7,19-8)20-9)29(44(10)11)32(46-28)43-33(49)42-27-22-25(34(36,37)38)21-26(23-27)35(39,40)41/h21-23,28-32H,12-20,24H2,1-11H3,(H2,42,43,49)/t28-,29-,30-,31-,32+/m1/s1. The number of anilines is 1. The average Bonchev–Trinajstić information content (AvgIpc) is 3.10. The van der Waals surface area contributed by atoms with Gasteiger partial charge in [-0.25, -0.2) is 0 Å². The van der Waals surface area contributed by atoms with Crippen molar-refractivity contribution >= 4 is 48.0 Å². The number of likely N-dealkylation sites (N-methyl/N-ethyl adjacent to an activating group) is 1. The van der Waals surface area contributed by atoms with Gasteiger partial charge in [0.15, 0.2) is 30.1 Å². The van der Waals surface area contributed by atoms with E-state index in [0.29, 0.717) is 12.1 Å². The molecular formula is C35H63F6N3O4SSi3. The van der Waals surface area contributed by atoms with E-state index >= 15 is 0 Å². The molecule has 1 aromatic carbocycles. The first-order valence-corrected chi connectivity index (χ1v) is 26.9. The van der Waals surface area contributed by atoms with Gasteiger partial charge < -0.3 is 28.6 Å². The molecule has 1 aromatic rings. The first kappa shape index (κ1) is 47.1. The Morgan fingerprint density at radius 1 is 0.692 bits per heavy atom. The van der Waals surface area contributed by atoms with E-state index in [9.17, 15) is 26.3 Å². The van der Waals surface area contributed by atoms with Crippen molar-refractivity contribution < 1.29 is 44.4 Å². The fourth-order valence-corrected chi connectivity index (χ4v) is 15.8. The van der Waals surface area contributed by atoms with Crippen LogP contribution in [0.5, 0.6) is 0 Å². The molecule has 7 nitrogen and oxygen atoms in total. The van der Waals surface area contributed by atoms with Gasteiger partial charge in [0.2, 0.25) is 0 Å². The van der Waals surface area contributed by atoms with E-state index in [1.54, 1.807) is 0 Å². The number of thiocarbonyl (C=S) groups is 1. The minimum atomic E-state index is -5.00. The van der Waals surface area contributed by atoms with E-state index in [4.69, 9.17) is 30.2 Å². The molecule has 1 fully saturated rings. The van der Waals surface area contributed by atoms with Gasteiger partial charge in [-0.05, 0) is 98.9 Å². The van der Waals surface area contributed by atoms with Gasteiger partial charge in [0, 0.05) is 5.69 Å². The molecule has 17 heteroatoms. The molecule has 1 heterocycles. The van der Waals surface area contributed by atoms with Crippen LogP contribution in [0.1, 0.15) is 73.4 Å². The minimum absolute atomic E-state index is 0.0878. The van der Waals surface area contributed by atoms with Gasteiger partial charge in [-0.2, -0.15) is 26.3 Å². The lowest BCUT2D eigenvalue weighted by molar-refractivity contribution is -0.203. The summed E-state index contributed by atoms with van der Waals surface area (Å²) in [6.45, 7) is 19.7. The Kier molecular flexibility index (Phi) is 17.8. The monoisotopic (exact) mass is 819 g/mol. The molecule has 1 saturated heterocycles. The zero-order valence-corrected chi connectivity index (χ0v) is 36.8. The molecule has 0 saturated carbocycles. The molecule has 5 atom stereocenters. The van der Waals surface area contributed by atoms with Gasteiger partial charge in [0.25, 0.3) is 0 Å². The van der Waals surface area contributed by atoms with Crippen LogP contribution >= 0.6 is 12.2 Å². The summed E-state index contributed by atoms with van der Waals surface area (Å²) in [5, 5.41) is 5.52. The van der Waals surface area contributed by atoms with Crippen molar-refractivity contribution in [3.05, 3.63) is 29.3 Å². The van der Waals surface area contributed by atoms with Crippen molar-refractivity contribution in [1.82, 2.24) is 10.2 Å². The van der Waals surface area contributed by atoms with Gasteiger partial charge in [-0.3, -0.25) is 4.90 Å². The SMILES string of the molecule is CC[Si](CC)(CC)OC[C@H]1O[C@H](NC(=S)Nc2cc(C(F)(F)F)cc(C(F)(F)F)c2)[C@H](N(C)C)[C@@H](O[Si](CC)(CC)CC)[C@@H]1O[Si](CC)(CC)CC. The highest BCUT2D eigenvalue weighted by Gasteiger charge is 2.53. The summed E-state index contributed by atoms with van der Waals surface area (Å²) >= 11 is 5.57. The number of hydrogen-bond donors (Lipinski definition) is 2. The molecule has 1 aliphatic rings. The third-order valence-electron chi connectivity index (χ3n) is 11.5. The van der Waals surface area contributed by atoms with Crippen molar-refractivity contribution in [1.29, 1.82) is 0 Å². The van der Waals surface area contributed by atoms with Crippen LogP contribution in [-0.4, -0.2) is 86.2 Å². The third-order valence-corrected chi connectivity index (χ3v) is 25.6. The maximum Gasteiger partial charge on any atom is 0.416 e. The van der Waals surface area contributed by atoms with Crippen molar-refractivity contribution in [2.24, 2.45) is 0 Å². The maximum absolute atomic E-state index is 13.7. The van der Waals surface area contributed by atoms with Crippen LogP contribution in [0.3, 0.4) is 0 Å². The summed E-state index contributed by atoms with van der Waals surface area (Å²) < 4.78 is 110. The highest BCUT2D eigenvalue weighted by Crippen LogP contribution is 2.39. The van der Waals surface area contributed by atoms with E-state index < -0.39 is 84.7 Å². The average molecular weight is 820 g/mol. The van der Waals surface area contributed by atoms with Crippen molar-refractivity contribution in [2.45, 2.75) is 160 Å². The first-order chi connectivity index (χ1) is 24.2. The quantitative estimate of drug-likeness (QED) is 0.0813. The molecule has 0 aliphatic carbocycles. The lowest BCUT2D eigenvalue weighted by atomic mass is 9.95. The molecule has 0 bridgehead atoms. The topological polar surface area (TPSA) is 64.2 Å². The zero-order chi connectivity index (χ0) is 39.7. The van der Waals surface area contributed by atoms with Crippen LogP contribution in [0.4, 0.5) is 32.0 Å². The number of ether oxygens (including phenoxy) is 1. The Bertz CT molecular complexity index is 1210. The maximum atomic E-state index is 13.7. The molecule has 1 aliphatic heterocycles. The van der Waals surface area contributed by atoms with Crippen LogP contribution in [0, 0.1) is 0 Å². The Morgan fingerprint density at radius 2 is 1.10 bits per heavy atom. The molecule has 0 unspecified atom stereocenters. The van der Waals surface area contributed by atoms with E-state index in [1.807, 2.05) is 19.0 Å². The number of hydrogen-bond acceptors (Lipinski definition) is 6. The zero-order valence-electron chi connectivity index (χ0n) is 32.9. The highest BCUT2D eigenvalue weighted by atomic mass is 32.1. The molecule has 0 amide bonds. The Morgan fingerprint density at radius 3 is 1.46 bits per heavy atom. The van der Waals surface area contributed by atoms with Gasteiger partial charge in [-0.1, -0.05) is 62.3 Å². The number of benzene rings is 1. The summed E-state index contributed by atoms with van der Waals surface area (Å²) in [4.78, 5) is 1.97. The Labute approximate surface area is 316 Å². The summed E-state index contributed by atoms with van der Waals surface area (Å²) in [5.41, 5.74) is -3.33. The second-order valence-corrected chi connectivity index (χ2v) is 28.8. The summed E-state index contributed by atoms with van der Waals surface area (Å²) in [7, 11) is -2.86. The van der Waals surface area contributed by atoms with E-state index in [0.717, 1.165) is 54.4 Å². The molecule has 52 heavy (non-hydrogen) atoms. The summed E-state index contributed by atoms with van der Waals surface area (Å²) in [6, 6.07) is 8.99. The second-order valence-electron chi connectivity index (χ2n) is 14.1. The van der Waals surface area contributed by atoms with Gasteiger partial charge in [0.05, 0.1) is 29.9 Å². The van der Waals surface area contributed by atoms with Crippen LogP contribution in [0.2, 0.25) is 54.4 Å². The molecule has 302 valence electrons. The molecular weight excluding hydrogens is 757 g/mol. The molecule has 0 radical (unpaired) electrons. The normalized spacial score (nSPS) is 22.2. The molecule has 2 N–H and O–H groups in total. The fourth-order valence-electron chi connectivity index (χ4n) is 7.24. The predicted octanol–water partition coefficient (Wildman–Crippen LogP) is 10.5. The van der Waals surface area contributed by atoms with Gasteiger partial charge in [0.1, 0.15) is 18.4 Å².